The van der Waals surface area contributed by atoms with Crippen molar-refractivity contribution in [3.05, 3.63) is 42.2 Å². The highest BCUT2D eigenvalue weighted by atomic mass is 16.1. The van der Waals surface area contributed by atoms with Gasteiger partial charge in [-0.1, -0.05) is 13.8 Å². The van der Waals surface area contributed by atoms with Crippen LogP contribution >= 0.6 is 0 Å². The summed E-state index contributed by atoms with van der Waals surface area (Å²) in [5, 5.41) is 2.69. The van der Waals surface area contributed by atoms with Crippen LogP contribution in [0.3, 0.4) is 0 Å². The quantitative estimate of drug-likeness (QED) is 0.874. The minimum atomic E-state index is -0.366. The number of hydrogen-bond donors (Lipinski definition) is 2. The summed E-state index contributed by atoms with van der Waals surface area (Å²) < 4.78 is 0. The van der Waals surface area contributed by atoms with E-state index in [4.69, 9.17) is 5.73 Å². The smallest absolute Gasteiger partial charge is 0.276 e. The lowest BCUT2D eigenvalue weighted by atomic mass is 10.2. The van der Waals surface area contributed by atoms with Gasteiger partial charge < -0.3 is 11.1 Å². The summed E-state index contributed by atoms with van der Waals surface area (Å²) in [6.45, 7) is 3.91. The van der Waals surface area contributed by atoms with Crippen LogP contribution in [0.15, 0.2) is 30.7 Å². The van der Waals surface area contributed by atoms with Gasteiger partial charge in [-0.25, -0.2) is 9.97 Å². The van der Waals surface area contributed by atoms with Crippen LogP contribution in [0, 0.1) is 0 Å². The molecule has 0 saturated carbocycles. The lowest BCUT2D eigenvalue weighted by Gasteiger charge is -2.09. The van der Waals surface area contributed by atoms with Crippen LogP contribution in [0.4, 0.5) is 11.4 Å². The van der Waals surface area contributed by atoms with Gasteiger partial charge in [0.15, 0.2) is 5.69 Å². The Morgan fingerprint density at radius 2 is 2.16 bits per heavy atom. The molecule has 0 aliphatic rings. The Morgan fingerprint density at radius 3 is 2.79 bits per heavy atom. The lowest BCUT2D eigenvalue weighted by Crippen LogP contribution is -2.18. The Balaban J connectivity index is 2.26. The van der Waals surface area contributed by atoms with Crippen molar-refractivity contribution >= 4 is 17.3 Å². The van der Waals surface area contributed by atoms with Crippen molar-refractivity contribution in [1.29, 1.82) is 0 Å². The van der Waals surface area contributed by atoms with Crippen molar-refractivity contribution in [1.82, 2.24) is 15.0 Å². The van der Waals surface area contributed by atoms with Crippen molar-refractivity contribution < 1.29 is 4.79 Å². The van der Waals surface area contributed by atoms with Gasteiger partial charge in [-0.3, -0.25) is 9.78 Å². The summed E-state index contributed by atoms with van der Waals surface area (Å²) in [4.78, 5) is 24.3. The molecule has 6 nitrogen and oxygen atoms in total. The number of pyridine rings is 1. The van der Waals surface area contributed by atoms with Gasteiger partial charge in [-0.2, -0.15) is 0 Å². The number of anilines is 2. The van der Waals surface area contributed by atoms with E-state index in [-0.39, 0.29) is 23.2 Å². The number of nitrogens with one attached hydrogen (secondary N) is 1. The van der Waals surface area contributed by atoms with E-state index in [1.165, 1.54) is 6.20 Å². The molecule has 98 valence electrons. The van der Waals surface area contributed by atoms with E-state index in [9.17, 15) is 4.79 Å². The number of nitrogen functional groups attached to an aromatic ring is 1. The van der Waals surface area contributed by atoms with Crippen LogP contribution in [0.2, 0.25) is 0 Å². The van der Waals surface area contributed by atoms with Crippen molar-refractivity contribution in [3.63, 3.8) is 0 Å². The normalized spacial score (nSPS) is 10.5. The summed E-state index contributed by atoms with van der Waals surface area (Å²) in [6, 6.07) is 3.48. The van der Waals surface area contributed by atoms with E-state index in [1.807, 2.05) is 13.8 Å². The van der Waals surface area contributed by atoms with E-state index < -0.39 is 0 Å². The molecule has 0 atom stereocenters. The van der Waals surface area contributed by atoms with Crippen molar-refractivity contribution in [3.8, 4) is 0 Å². The fourth-order valence-corrected chi connectivity index (χ4v) is 1.49. The van der Waals surface area contributed by atoms with Gasteiger partial charge in [0.25, 0.3) is 5.91 Å². The Labute approximate surface area is 111 Å². The molecular weight excluding hydrogens is 242 g/mol. The topological polar surface area (TPSA) is 93.8 Å². The van der Waals surface area contributed by atoms with E-state index in [0.29, 0.717) is 11.5 Å². The fraction of sp³-hybridized carbons (Fsp3) is 0.231. The largest absolute Gasteiger partial charge is 0.396 e. The van der Waals surface area contributed by atoms with Crippen LogP contribution in [-0.2, 0) is 0 Å². The third-order valence-electron chi connectivity index (χ3n) is 2.49. The minimum absolute atomic E-state index is 0.130. The van der Waals surface area contributed by atoms with Crippen LogP contribution in [0.5, 0.6) is 0 Å². The molecule has 2 rings (SSSR count). The molecule has 0 radical (unpaired) electrons. The van der Waals surface area contributed by atoms with E-state index >= 15 is 0 Å². The monoisotopic (exact) mass is 257 g/mol. The van der Waals surface area contributed by atoms with Crippen LogP contribution in [0.25, 0.3) is 0 Å². The number of rotatable bonds is 3. The van der Waals surface area contributed by atoms with Gasteiger partial charge >= 0.3 is 0 Å². The molecule has 19 heavy (non-hydrogen) atoms. The number of aromatic nitrogens is 3. The Kier molecular flexibility index (Phi) is 3.70. The molecule has 2 aromatic rings. The first-order valence-corrected chi connectivity index (χ1v) is 5.91. The molecule has 0 unspecified atom stereocenters. The molecule has 6 heteroatoms. The summed E-state index contributed by atoms with van der Waals surface area (Å²) in [6.07, 6.45) is 4.64. The molecule has 0 aliphatic heterocycles. The van der Waals surface area contributed by atoms with Gasteiger partial charge in [0.05, 0.1) is 23.8 Å². The number of carbonyl (C=O) groups excluding carboxylic acids is 1. The van der Waals surface area contributed by atoms with Gasteiger partial charge in [0, 0.05) is 12.1 Å². The molecule has 0 saturated heterocycles. The highest BCUT2D eigenvalue weighted by Crippen LogP contribution is 2.15. The zero-order valence-electron chi connectivity index (χ0n) is 10.8. The Hall–Kier alpha value is -2.50. The molecule has 2 heterocycles. The number of carbonyl (C=O) groups is 1. The van der Waals surface area contributed by atoms with Crippen molar-refractivity contribution in [2.24, 2.45) is 0 Å². The third kappa shape index (κ3) is 3.04. The molecule has 3 N–H and O–H groups in total. The first kappa shape index (κ1) is 12.9. The molecule has 0 aliphatic carbocycles. The fourth-order valence-electron chi connectivity index (χ4n) is 1.49. The standard InChI is InChI=1S/C13H15N5O/c1-8(2)12-16-7-10(14)11(18-12)13(19)17-9-4-3-5-15-6-9/h3-8H,14H2,1-2H3,(H,17,19). The number of hydrogen-bond acceptors (Lipinski definition) is 5. The molecular formula is C13H15N5O. The summed E-state index contributed by atoms with van der Waals surface area (Å²) in [5.41, 5.74) is 6.78. The molecule has 1 amide bonds. The van der Waals surface area contributed by atoms with Gasteiger partial charge in [0.1, 0.15) is 5.82 Å². The van der Waals surface area contributed by atoms with Crippen molar-refractivity contribution in [2.45, 2.75) is 19.8 Å². The average Bonchev–Trinajstić information content (AvgIpc) is 2.40. The second-order valence-electron chi connectivity index (χ2n) is 4.38. The van der Waals surface area contributed by atoms with Gasteiger partial charge in [0.2, 0.25) is 0 Å². The maximum Gasteiger partial charge on any atom is 0.276 e. The predicted octanol–water partition coefficient (Wildman–Crippen LogP) is 1.83. The number of nitrogens with two attached hydrogens (primary N) is 1. The van der Waals surface area contributed by atoms with E-state index in [1.54, 1.807) is 24.5 Å². The van der Waals surface area contributed by atoms with E-state index in [0.717, 1.165) is 0 Å². The van der Waals surface area contributed by atoms with Crippen LogP contribution in [0.1, 0.15) is 36.1 Å². The number of nitrogens with zero attached hydrogens (tertiary/aromatic N) is 3. The summed E-state index contributed by atoms with van der Waals surface area (Å²) in [5.74, 6) is 0.353. The van der Waals surface area contributed by atoms with Crippen LogP contribution in [-0.4, -0.2) is 20.9 Å². The van der Waals surface area contributed by atoms with Crippen LogP contribution < -0.4 is 11.1 Å². The lowest BCUT2D eigenvalue weighted by molar-refractivity contribution is 0.102. The zero-order chi connectivity index (χ0) is 13.8. The van der Waals surface area contributed by atoms with Gasteiger partial charge in [-0.05, 0) is 12.1 Å². The molecule has 0 bridgehead atoms. The first-order valence-electron chi connectivity index (χ1n) is 5.91. The highest BCUT2D eigenvalue weighted by Gasteiger charge is 2.15. The third-order valence-corrected chi connectivity index (χ3v) is 2.49. The van der Waals surface area contributed by atoms with Gasteiger partial charge in [-0.15, -0.1) is 0 Å². The highest BCUT2D eigenvalue weighted by molar-refractivity contribution is 6.05. The zero-order valence-corrected chi connectivity index (χ0v) is 10.8. The second-order valence-corrected chi connectivity index (χ2v) is 4.38. The maximum atomic E-state index is 12.1. The first-order chi connectivity index (χ1) is 9.08. The average molecular weight is 257 g/mol. The van der Waals surface area contributed by atoms with E-state index in [2.05, 4.69) is 20.3 Å². The molecule has 0 spiro atoms. The SMILES string of the molecule is CC(C)c1ncc(N)c(C(=O)Nc2cccnc2)n1. The summed E-state index contributed by atoms with van der Waals surface area (Å²) >= 11 is 0. The number of amides is 1. The molecule has 2 aromatic heterocycles. The predicted molar refractivity (Wildman–Crippen MR) is 72.7 cm³/mol. The Bertz CT molecular complexity index is 583. The maximum absolute atomic E-state index is 12.1. The van der Waals surface area contributed by atoms with Crippen molar-refractivity contribution in [2.75, 3.05) is 11.1 Å². The minimum Gasteiger partial charge on any atom is -0.396 e. The second kappa shape index (κ2) is 5.43. The Morgan fingerprint density at radius 1 is 1.37 bits per heavy atom. The summed E-state index contributed by atoms with van der Waals surface area (Å²) in [7, 11) is 0. The molecule has 0 fully saturated rings. The molecule has 0 aromatic carbocycles.